The minimum absolute atomic E-state index is 1.44. The van der Waals surface area contributed by atoms with Gasteiger partial charge >= 0.3 is 0 Å². The highest BCUT2D eigenvalue weighted by atomic mass is 15.1. The average Bonchev–Trinajstić information content (AvgIpc) is 2.64. The van der Waals surface area contributed by atoms with E-state index in [9.17, 15) is 0 Å². The van der Waals surface area contributed by atoms with E-state index >= 15 is 0 Å². The molecule has 2 aromatic rings. The fourth-order valence-electron chi connectivity index (χ4n) is 0.420. The summed E-state index contributed by atoms with van der Waals surface area (Å²) in [7, 11) is 0. The van der Waals surface area contributed by atoms with Gasteiger partial charge in [0.25, 0.3) is 0 Å². The van der Waals surface area contributed by atoms with E-state index in [0.29, 0.717) is 0 Å². The summed E-state index contributed by atoms with van der Waals surface area (Å²) >= 11 is 0. The molecule has 0 aliphatic heterocycles. The number of aromatic nitrogens is 5. The Morgan fingerprint density at radius 3 is 1.73 bits per heavy atom. The molecule has 0 aromatic carbocycles. The molecule has 0 saturated carbocycles. The van der Waals surface area contributed by atoms with Gasteiger partial charge in [-0.1, -0.05) is 0 Å². The number of H-pyrrole nitrogens is 1. The first kappa shape index (κ1) is 7.33. The van der Waals surface area contributed by atoms with Crippen molar-refractivity contribution < 1.29 is 0 Å². The molecule has 2 rings (SSSR count). The van der Waals surface area contributed by atoms with Crippen molar-refractivity contribution >= 4 is 0 Å². The third-order valence-corrected chi connectivity index (χ3v) is 0.806. The topological polar surface area (TPSA) is 67.3 Å². The fourth-order valence-corrected chi connectivity index (χ4v) is 0.420. The molecule has 0 saturated heterocycles. The maximum absolute atomic E-state index is 3.60. The normalized spacial score (nSPS) is 8.00. The van der Waals surface area contributed by atoms with Crippen molar-refractivity contribution in [3.8, 4) is 0 Å². The Kier molecular flexibility index (Phi) is 3.36. The molecule has 2 heterocycles. The van der Waals surface area contributed by atoms with E-state index in [1.807, 2.05) is 6.07 Å². The summed E-state index contributed by atoms with van der Waals surface area (Å²) < 4.78 is 0. The third-order valence-electron chi connectivity index (χ3n) is 0.806. The smallest absolute Gasteiger partial charge is 0.119 e. The minimum atomic E-state index is 1.44. The molecule has 0 radical (unpaired) electrons. The van der Waals surface area contributed by atoms with Gasteiger partial charge in [0.2, 0.25) is 0 Å². The van der Waals surface area contributed by atoms with Crippen LogP contribution in [0.25, 0.3) is 0 Å². The van der Waals surface area contributed by atoms with Gasteiger partial charge in [-0.2, -0.15) is 5.10 Å². The highest BCUT2D eigenvalue weighted by molar-refractivity contribution is 4.72. The van der Waals surface area contributed by atoms with E-state index in [-0.39, 0.29) is 0 Å². The molecule has 56 valence electrons. The number of aromatic amines is 1. The fraction of sp³-hybridized carbons (Fsp3) is 0. The average molecular weight is 149 g/mol. The van der Waals surface area contributed by atoms with Crippen LogP contribution in [0.15, 0.2) is 37.4 Å². The van der Waals surface area contributed by atoms with Crippen LogP contribution in [0.5, 0.6) is 0 Å². The number of nitrogens with one attached hydrogen (secondary N) is 1. The van der Waals surface area contributed by atoms with Crippen molar-refractivity contribution in [1.82, 2.24) is 25.1 Å². The Morgan fingerprint density at radius 1 is 0.909 bits per heavy atom. The van der Waals surface area contributed by atoms with Gasteiger partial charge in [0.05, 0.1) is 0 Å². The monoisotopic (exact) mass is 149 g/mol. The van der Waals surface area contributed by atoms with Crippen molar-refractivity contribution in [1.29, 1.82) is 0 Å². The Morgan fingerprint density at radius 2 is 1.55 bits per heavy atom. The number of hydrogen-bond donors (Lipinski definition) is 1. The van der Waals surface area contributed by atoms with Gasteiger partial charge in [-0.3, -0.25) is 5.10 Å². The molecule has 11 heavy (non-hydrogen) atoms. The summed E-state index contributed by atoms with van der Waals surface area (Å²) in [5.74, 6) is 0. The quantitative estimate of drug-likeness (QED) is 0.584. The highest BCUT2D eigenvalue weighted by Crippen LogP contribution is 1.64. The van der Waals surface area contributed by atoms with Crippen LogP contribution in [0, 0.1) is 0 Å². The van der Waals surface area contributed by atoms with Gasteiger partial charge in [-0.25, -0.2) is 15.0 Å². The van der Waals surface area contributed by atoms with Crippen LogP contribution in [0.3, 0.4) is 0 Å². The first-order chi connectivity index (χ1) is 5.50. The van der Waals surface area contributed by atoms with Crippen LogP contribution in [-0.4, -0.2) is 25.1 Å². The SMILES string of the molecule is c1cn[nH]c1.c1ncncn1. The van der Waals surface area contributed by atoms with Gasteiger partial charge in [0, 0.05) is 12.4 Å². The second-order valence-corrected chi connectivity index (χ2v) is 1.56. The molecular formula is C6H7N5. The first-order valence-corrected chi connectivity index (χ1v) is 2.99. The summed E-state index contributed by atoms with van der Waals surface area (Å²) in [6.45, 7) is 0. The Bertz CT molecular complexity index is 197. The van der Waals surface area contributed by atoms with E-state index in [1.165, 1.54) is 19.0 Å². The molecule has 0 aliphatic rings. The van der Waals surface area contributed by atoms with Crippen molar-refractivity contribution in [2.75, 3.05) is 0 Å². The second kappa shape index (κ2) is 5.04. The van der Waals surface area contributed by atoms with E-state index in [2.05, 4.69) is 25.1 Å². The summed E-state index contributed by atoms with van der Waals surface area (Å²) in [6, 6.07) is 1.83. The number of hydrogen-bond acceptors (Lipinski definition) is 4. The molecule has 2 aromatic heterocycles. The molecule has 1 N–H and O–H groups in total. The first-order valence-electron chi connectivity index (χ1n) is 2.99. The van der Waals surface area contributed by atoms with Crippen LogP contribution < -0.4 is 0 Å². The van der Waals surface area contributed by atoms with Gasteiger partial charge in [0.15, 0.2) is 0 Å². The molecule has 0 unspecified atom stereocenters. The molecule has 0 bridgehead atoms. The van der Waals surface area contributed by atoms with Gasteiger partial charge in [0.1, 0.15) is 19.0 Å². The zero-order chi connectivity index (χ0) is 7.78. The molecule has 0 fully saturated rings. The Hall–Kier alpha value is -1.78. The Balaban J connectivity index is 0.000000112. The van der Waals surface area contributed by atoms with Gasteiger partial charge in [-0.15, -0.1) is 0 Å². The molecule has 0 atom stereocenters. The van der Waals surface area contributed by atoms with Crippen LogP contribution in [0.2, 0.25) is 0 Å². The zero-order valence-corrected chi connectivity index (χ0v) is 5.75. The number of nitrogens with zero attached hydrogens (tertiary/aromatic N) is 4. The number of rotatable bonds is 0. The van der Waals surface area contributed by atoms with Crippen LogP contribution >= 0.6 is 0 Å². The van der Waals surface area contributed by atoms with Crippen molar-refractivity contribution in [2.45, 2.75) is 0 Å². The second-order valence-electron chi connectivity index (χ2n) is 1.56. The summed E-state index contributed by atoms with van der Waals surface area (Å²) in [4.78, 5) is 10.7. The van der Waals surface area contributed by atoms with E-state index in [1.54, 1.807) is 12.4 Å². The van der Waals surface area contributed by atoms with Crippen molar-refractivity contribution in [3.05, 3.63) is 37.4 Å². The van der Waals surface area contributed by atoms with Crippen molar-refractivity contribution in [3.63, 3.8) is 0 Å². The van der Waals surface area contributed by atoms with Gasteiger partial charge in [-0.05, 0) is 6.07 Å². The summed E-state index contributed by atoms with van der Waals surface area (Å²) in [6.07, 6.45) is 7.77. The highest BCUT2D eigenvalue weighted by Gasteiger charge is 1.59. The third kappa shape index (κ3) is 3.74. The molecule has 0 spiro atoms. The predicted octanol–water partition coefficient (Wildman–Crippen LogP) is 0.281. The van der Waals surface area contributed by atoms with E-state index in [0.717, 1.165) is 0 Å². The lowest BCUT2D eigenvalue weighted by Gasteiger charge is -1.69. The van der Waals surface area contributed by atoms with Gasteiger partial charge < -0.3 is 0 Å². The minimum Gasteiger partial charge on any atom is -0.286 e. The maximum Gasteiger partial charge on any atom is 0.119 e. The van der Waals surface area contributed by atoms with Crippen LogP contribution in [0.4, 0.5) is 0 Å². The predicted molar refractivity (Wildman–Crippen MR) is 38.4 cm³/mol. The molecular weight excluding hydrogens is 142 g/mol. The van der Waals surface area contributed by atoms with E-state index < -0.39 is 0 Å². The summed E-state index contributed by atoms with van der Waals surface area (Å²) in [5, 5.41) is 6.21. The maximum atomic E-state index is 3.60. The van der Waals surface area contributed by atoms with Crippen LogP contribution in [-0.2, 0) is 0 Å². The zero-order valence-electron chi connectivity index (χ0n) is 5.75. The summed E-state index contributed by atoms with van der Waals surface area (Å²) in [5.41, 5.74) is 0. The lowest BCUT2D eigenvalue weighted by Crippen LogP contribution is -1.73. The lowest BCUT2D eigenvalue weighted by atomic mass is 10.8. The Labute approximate surface area is 63.6 Å². The lowest BCUT2D eigenvalue weighted by molar-refractivity contribution is 1.05. The molecule has 5 nitrogen and oxygen atoms in total. The molecule has 5 heteroatoms. The standard InChI is InChI=1S/C3H3N3.C3H4N2/c1-4-2-6-3-5-1;1-2-4-5-3-1/h1-3H;1-3H,(H,4,5). The van der Waals surface area contributed by atoms with E-state index in [4.69, 9.17) is 0 Å². The molecule has 0 amide bonds. The largest absolute Gasteiger partial charge is 0.286 e. The van der Waals surface area contributed by atoms with Crippen LogP contribution in [0.1, 0.15) is 0 Å². The van der Waals surface area contributed by atoms with Crippen molar-refractivity contribution in [2.24, 2.45) is 0 Å². The molecule has 0 aliphatic carbocycles.